The molecule has 31 heavy (non-hydrogen) atoms. The van der Waals surface area contributed by atoms with Crippen molar-refractivity contribution in [1.82, 2.24) is 0 Å². The maximum absolute atomic E-state index is 13.3. The minimum absolute atomic E-state index is 0.107. The molecule has 0 spiro atoms. The molecule has 3 aromatic rings. The molecule has 3 nitrogen and oxygen atoms in total. The molecule has 3 aromatic carbocycles. The van der Waals surface area contributed by atoms with Crippen LogP contribution in [-0.2, 0) is 10.0 Å². The first-order chi connectivity index (χ1) is 14.9. The molecule has 3 rings (SSSR count). The SMILES string of the molecule is C#CCN(c1ccccc1C#CC#Cc1ccc(C)cc1)S(=O)(=O)c1ccc(C)cc1. The highest BCUT2D eigenvalue weighted by Gasteiger charge is 2.25. The molecule has 0 radical (unpaired) electrons. The largest absolute Gasteiger partial charge is 0.265 e. The predicted octanol–water partition coefficient (Wildman–Crippen LogP) is 4.54. The van der Waals surface area contributed by atoms with Crippen molar-refractivity contribution >= 4 is 15.7 Å². The van der Waals surface area contributed by atoms with Crippen LogP contribution in [0.4, 0.5) is 5.69 Å². The smallest absolute Gasteiger partial charge is 0.253 e. The molecule has 0 aromatic heterocycles. The number of terminal acetylenes is 1. The van der Waals surface area contributed by atoms with E-state index in [0.29, 0.717) is 11.3 Å². The number of anilines is 1. The van der Waals surface area contributed by atoms with Crippen molar-refractivity contribution in [1.29, 1.82) is 0 Å². The third-order valence-corrected chi connectivity index (χ3v) is 6.31. The first-order valence-electron chi connectivity index (χ1n) is 9.62. The van der Waals surface area contributed by atoms with Crippen LogP contribution in [0.15, 0.2) is 77.7 Å². The molecular weight excluding hydrogens is 402 g/mol. The maximum atomic E-state index is 13.3. The van der Waals surface area contributed by atoms with Crippen LogP contribution in [0.2, 0.25) is 0 Å². The van der Waals surface area contributed by atoms with Crippen molar-refractivity contribution in [3.05, 3.63) is 95.1 Å². The second-order valence-electron chi connectivity index (χ2n) is 6.91. The first-order valence-corrected chi connectivity index (χ1v) is 11.1. The number of sulfonamides is 1. The van der Waals surface area contributed by atoms with Gasteiger partial charge in [-0.15, -0.1) is 6.42 Å². The molecule has 0 aliphatic carbocycles. The van der Waals surface area contributed by atoms with E-state index in [1.165, 1.54) is 4.31 Å². The van der Waals surface area contributed by atoms with Crippen LogP contribution in [-0.4, -0.2) is 15.0 Å². The van der Waals surface area contributed by atoms with Crippen molar-refractivity contribution in [3.63, 3.8) is 0 Å². The number of hydrogen-bond donors (Lipinski definition) is 0. The Morgan fingerprint density at radius 3 is 2.03 bits per heavy atom. The van der Waals surface area contributed by atoms with E-state index in [-0.39, 0.29) is 11.4 Å². The molecular formula is C27H21NO2S. The van der Waals surface area contributed by atoms with Crippen LogP contribution in [0.25, 0.3) is 0 Å². The summed E-state index contributed by atoms with van der Waals surface area (Å²) in [5.74, 6) is 14.0. The van der Waals surface area contributed by atoms with Crippen molar-refractivity contribution in [2.75, 3.05) is 10.8 Å². The lowest BCUT2D eigenvalue weighted by Crippen LogP contribution is -2.32. The van der Waals surface area contributed by atoms with E-state index in [4.69, 9.17) is 6.42 Å². The monoisotopic (exact) mass is 423 g/mol. The van der Waals surface area contributed by atoms with Gasteiger partial charge in [0, 0.05) is 11.1 Å². The molecule has 0 atom stereocenters. The lowest BCUT2D eigenvalue weighted by Gasteiger charge is -2.23. The minimum Gasteiger partial charge on any atom is -0.253 e. The topological polar surface area (TPSA) is 37.4 Å². The number of aryl methyl sites for hydroxylation is 2. The summed E-state index contributed by atoms with van der Waals surface area (Å²) in [6.45, 7) is 3.81. The fraction of sp³-hybridized carbons (Fsp3) is 0.111. The lowest BCUT2D eigenvalue weighted by atomic mass is 10.1. The average molecular weight is 424 g/mol. The summed E-state index contributed by atoms with van der Waals surface area (Å²) in [6.07, 6.45) is 5.50. The van der Waals surface area contributed by atoms with Crippen LogP contribution < -0.4 is 4.31 Å². The van der Waals surface area contributed by atoms with Crippen LogP contribution in [0, 0.1) is 49.9 Å². The third kappa shape index (κ3) is 5.37. The molecule has 0 N–H and O–H groups in total. The van der Waals surface area contributed by atoms with Gasteiger partial charge in [0.05, 0.1) is 17.1 Å². The maximum Gasteiger partial charge on any atom is 0.265 e. The summed E-state index contributed by atoms with van der Waals surface area (Å²) in [5.41, 5.74) is 3.95. The van der Waals surface area contributed by atoms with Gasteiger partial charge >= 0.3 is 0 Å². The van der Waals surface area contributed by atoms with Crippen LogP contribution in [0.3, 0.4) is 0 Å². The van der Waals surface area contributed by atoms with E-state index in [0.717, 1.165) is 16.7 Å². The van der Waals surface area contributed by atoms with Crippen molar-refractivity contribution in [3.8, 4) is 36.0 Å². The summed E-state index contributed by atoms with van der Waals surface area (Å²) >= 11 is 0. The Balaban J connectivity index is 1.98. The number of nitrogens with zero attached hydrogens (tertiary/aromatic N) is 1. The van der Waals surface area contributed by atoms with Gasteiger partial charge in [0.2, 0.25) is 0 Å². The molecule has 0 heterocycles. The fourth-order valence-corrected chi connectivity index (χ4v) is 4.25. The second-order valence-corrected chi connectivity index (χ2v) is 8.77. The summed E-state index contributed by atoms with van der Waals surface area (Å²) < 4.78 is 27.8. The number of rotatable bonds is 4. The van der Waals surface area contributed by atoms with Crippen LogP contribution >= 0.6 is 0 Å². The third-order valence-electron chi connectivity index (χ3n) is 4.53. The van der Waals surface area contributed by atoms with Crippen LogP contribution in [0.1, 0.15) is 22.3 Å². The molecule has 0 amide bonds. The normalized spacial score (nSPS) is 10.1. The molecule has 4 heteroatoms. The van der Waals surface area contributed by atoms with Gasteiger partial charge < -0.3 is 0 Å². The molecule has 0 fully saturated rings. The van der Waals surface area contributed by atoms with Crippen molar-refractivity contribution in [2.24, 2.45) is 0 Å². The summed E-state index contributed by atoms with van der Waals surface area (Å²) in [7, 11) is -3.85. The quantitative estimate of drug-likeness (QED) is 0.578. The predicted molar refractivity (Wildman–Crippen MR) is 126 cm³/mol. The average Bonchev–Trinajstić information content (AvgIpc) is 2.77. The molecule has 0 bridgehead atoms. The van der Waals surface area contributed by atoms with Gasteiger partial charge in [-0.25, -0.2) is 8.42 Å². The van der Waals surface area contributed by atoms with Gasteiger partial charge in [-0.05, 0) is 62.1 Å². The van der Waals surface area contributed by atoms with E-state index in [1.807, 2.05) is 38.1 Å². The number of para-hydroxylation sites is 1. The van der Waals surface area contributed by atoms with Gasteiger partial charge in [0.25, 0.3) is 10.0 Å². The molecule has 0 saturated heterocycles. The molecule has 0 aliphatic rings. The molecule has 0 unspecified atom stereocenters. The minimum atomic E-state index is -3.85. The fourth-order valence-electron chi connectivity index (χ4n) is 2.86. The number of benzene rings is 3. The van der Waals surface area contributed by atoms with E-state index in [2.05, 4.69) is 29.6 Å². The Kier molecular flexibility index (Phi) is 6.84. The standard InChI is InChI=1S/C27H21NO2S/c1-4-21-28(31(29,30)26-19-15-23(3)16-20-26)27-12-8-7-11-25(27)10-6-5-9-24-17-13-22(2)14-18-24/h1,7-8,11-20H,21H2,2-3H3. The summed E-state index contributed by atoms with van der Waals surface area (Å²) in [5, 5.41) is 0. The van der Waals surface area contributed by atoms with Crippen LogP contribution in [0.5, 0.6) is 0 Å². The van der Waals surface area contributed by atoms with Gasteiger partial charge in [0.15, 0.2) is 0 Å². The summed E-state index contributed by atoms with van der Waals surface area (Å²) in [4.78, 5) is 0.176. The Morgan fingerprint density at radius 2 is 1.39 bits per heavy atom. The van der Waals surface area contributed by atoms with Crippen molar-refractivity contribution in [2.45, 2.75) is 18.7 Å². The zero-order valence-electron chi connectivity index (χ0n) is 17.4. The zero-order valence-corrected chi connectivity index (χ0v) is 18.2. The van der Waals surface area contributed by atoms with Gasteiger partial charge in [-0.3, -0.25) is 4.31 Å². The molecule has 0 saturated carbocycles. The Hall–Kier alpha value is -3.91. The Bertz CT molecular complexity index is 1340. The summed E-state index contributed by atoms with van der Waals surface area (Å²) in [6, 6.07) is 21.5. The van der Waals surface area contributed by atoms with Crippen molar-refractivity contribution < 1.29 is 8.42 Å². The zero-order chi connectivity index (χ0) is 22.3. The first kappa shape index (κ1) is 21.8. The van der Waals surface area contributed by atoms with E-state index in [1.54, 1.807) is 48.5 Å². The van der Waals surface area contributed by atoms with Gasteiger partial charge in [0.1, 0.15) is 0 Å². The molecule has 152 valence electrons. The Labute approximate surface area is 184 Å². The highest BCUT2D eigenvalue weighted by atomic mass is 32.2. The van der Waals surface area contributed by atoms with E-state index in [9.17, 15) is 8.42 Å². The van der Waals surface area contributed by atoms with E-state index >= 15 is 0 Å². The number of hydrogen-bond acceptors (Lipinski definition) is 2. The highest BCUT2D eigenvalue weighted by molar-refractivity contribution is 7.92. The van der Waals surface area contributed by atoms with E-state index < -0.39 is 10.0 Å². The second kappa shape index (κ2) is 9.73. The molecule has 0 aliphatic heterocycles. The highest BCUT2D eigenvalue weighted by Crippen LogP contribution is 2.26. The van der Waals surface area contributed by atoms with Gasteiger partial charge in [-0.1, -0.05) is 65.3 Å². The van der Waals surface area contributed by atoms with Gasteiger partial charge in [-0.2, -0.15) is 0 Å². The Morgan fingerprint density at radius 1 is 0.806 bits per heavy atom. The lowest BCUT2D eigenvalue weighted by molar-refractivity contribution is 0.593.